The first-order chi connectivity index (χ1) is 12.2. The first-order valence-electron chi connectivity index (χ1n) is 8.09. The van der Waals surface area contributed by atoms with E-state index in [1.165, 1.54) is 43.0 Å². The van der Waals surface area contributed by atoms with Crippen molar-refractivity contribution >= 4 is 33.4 Å². The molecule has 0 bridgehead atoms. The zero-order valence-corrected chi connectivity index (χ0v) is 15.5. The predicted molar refractivity (Wildman–Crippen MR) is 94.8 cm³/mol. The van der Waals surface area contributed by atoms with Gasteiger partial charge in [0.05, 0.1) is 11.4 Å². The van der Waals surface area contributed by atoms with E-state index in [1.807, 2.05) is 0 Å². The van der Waals surface area contributed by atoms with E-state index in [4.69, 9.17) is 0 Å². The Morgan fingerprint density at radius 1 is 0.962 bits per heavy atom. The summed E-state index contributed by atoms with van der Waals surface area (Å²) < 4.78 is 26.8. The van der Waals surface area contributed by atoms with E-state index in [-0.39, 0.29) is 29.2 Å². The van der Waals surface area contributed by atoms with Crippen LogP contribution < -0.4 is 10.0 Å². The number of sulfonamides is 1. The Hall–Kier alpha value is -2.46. The number of rotatable bonds is 5. The van der Waals surface area contributed by atoms with Gasteiger partial charge in [-0.3, -0.25) is 14.4 Å². The van der Waals surface area contributed by atoms with E-state index in [9.17, 15) is 22.8 Å². The Balaban J connectivity index is 1.90. The van der Waals surface area contributed by atoms with Crippen molar-refractivity contribution in [1.29, 1.82) is 0 Å². The van der Waals surface area contributed by atoms with Crippen LogP contribution >= 0.6 is 0 Å². The van der Waals surface area contributed by atoms with E-state index in [1.54, 1.807) is 4.90 Å². The Bertz CT molecular complexity index is 783. The van der Waals surface area contributed by atoms with Gasteiger partial charge in [0, 0.05) is 45.7 Å². The molecule has 1 aliphatic rings. The number of hydrogen-bond donors (Lipinski definition) is 2. The number of hydrogen-bond acceptors (Lipinski definition) is 5. The first-order valence-corrected chi connectivity index (χ1v) is 9.58. The molecule has 26 heavy (non-hydrogen) atoms. The second-order valence-electron chi connectivity index (χ2n) is 5.92. The maximum atomic E-state index is 12.3. The van der Waals surface area contributed by atoms with Crippen molar-refractivity contribution in [1.82, 2.24) is 14.5 Å². The highest BCUT2D eigenvalue weighted by molar-refractivity contribution is 7.89. The maximum Gasteiger partial charge on any atom is 0.241 e. The molecule has 10 heteroatoms. The molecule has 0 radical (unpaired) electrons. The second-order valence-corrected chi connectivity index (χ2v) is 7.68. The third kappa shape index (κ3) is 5.27. The van der Waals surface area contributed by atoms with Crippen molar-refractivity contribution in [2.45, 2.75) is 18.7 Å². The largest absolute Gasteiger partial charge is 0.339 e. The van der Waals surface area contributed by atoms with E-state index in [2.05, 4.69) is 10.0 Å². The Morgan fingerprint density at radius 2 is 1.50 bits per heavy atom. The van der Waals surface area contributed by atoms with Crippen LogP contribution in [0.5, 0.6) is 0 Å². The van der Waals surface area contributed by atoms with Gasteiger partial charge in [0.2, 0.25) is 27.7 Å². The molecular weight excluding hydrogens is 360 g/mol. The highest BCUT2D eigenvalue weighted by atomic mass is 32.2. The lowest BCUT2D eigenvalue weighted by Gasteiger charge is -2.34. The molecule has 1 heterocycles. The van der Waals surface area contributed by atoms with Crippen LogP contribution in [0.15, 0.2) is 29.2 Å². The molecule has 1 fully saturated rings. The number of carbonyl (C=O) groups is 3. The molecule has 1 aromatic rings. The van der Waals surface area contributed by atoms with Crippen LogP contribution in [0.1, 0.15) is 13.8 Å². The lowest BCUT2D eigenvalue weighted by molar-refractivity contribution is -0.137. The first kappa shape index (κ1) is 19.9. The molecule has 0 aliphatic carbocycles. The van der Waals surface area contributed by atoms with Crippen LogP contribution in [0.25, 0.3) is 0 Å². The Kier molecular flexibility index (Phi) is 6.32. The van der Waals surface area contributed by atoms with Gasteiger partial charge in [-0.2, -0.15) is 0 Å². The molecule has 1 aliphatic heterocycles. The lowest BCUT2D eigenvalue weighted by Crippen LogP contribution is -2.52. The number of benzene rings is 1. The molecule has 0 saturated carbocycles. The number of piperazine rings is 1. The molecule has 142 valence electrons. The summed E-state index contributed by atoms with van der Waals surface area (Å²) in [6, 6.07) is 5.64. The van der Waals surface area contributed by atoms with Gasteiger partial charge in [-0.15, -0.1) is 0 Å². The van der Waals surface area contributed by atoms with E-state index in [0.29, 0.717) is 31.9 Å². The molecule has 1 aromatic carbocycles. The summed E-state index contributed by atoms with van der Waals surface area (Å²) in [7, 11) is -3.84. The van der Waals surface area contributed by atoms with Gasteiger partial charge in [0.15, 0.2) is 0 Å². The summed E-state index contributed by atoms with van der Waals surface area (Å²) in [5.41, 5.74) is 0.482. The molecule has 0 unspecified atom stereocenters. The van der Waals surface area contributed by atoms with Crippen LogP contribution in [0, 0.1) is 0 Å². The summed E-state index contributed by atoms with van der Waals surface area (Å²) in [5, 5.41) is 2.55. The minimum atomic E-state index is -3.84. The van der Waals surface area contributed by atoms with Gasteiger partial charge in [0.25, 0.3) is 0 Å². The highest BCUT2D eigenvalue weighted by Gasteiger charge is 2.23. The molecule has 9 nitrogen and oxygen atoms in total. The Morgan fingerprint density at radius 3 is 2.00 bits per heavy atom. The van der Waals surface area contributed by atoms with Crippen LogP contribution in [0.2, 0.25) is 0 Å². The van der Waals surface area contributed by atoms with Crippen molar-refractivity contribution in [2.75, 3.05) is 38.0 Å². The third-order valence-electron chi connectivity index (χ3n) is 3.98. The maximum absolute atomic E-state index is 12.3. The number of carbonyl (C=O) groups excluding carboxylic acids is 3. The van der Waals surface area contributed by atoms with Crippen LogP contribution in [0.4, 0.5) is 5.69 Å². The van der Waals surface area contributed by atoms with Gasteiger partial charge in [-0.1, -0.05) is 0 Å². The van der Waals surface area contributed by atoms with Gasteiger partial charge >= 0.3 is 0 Å². The van der Waals surface area contributed by atoms with Crippen LogP contribution in [-0.4, -0.2) is 68.7 Å². The normalized spacial score (nSPS) is 14.8. The quantitative estimate of drug-likeness (QED) is 0.720. The average Bonchev–Trinajstić information content (AvgIpc) is 2.60. The summed E-state index contributed by atoms with van der Waals surface area (Å²) in [6.45, 7) is 4.13. The van der Waals surface area contributed by atoms with Crippen molar-refractivity contribution in [3.63, 3.8) is 0 Å². The fraction of sp³-hybridized carbons (Fsp3) is 0.438. The van der Waals surface area contributed by atoms with E-state index >= 15 is 0 Å². The molecule has 0 atom stereocenters. The summed E-state index contributed by atoms with van der Waals surface area (Å²) >= 11 is 0. The second kappa shape index (κ2) is 8.28. The zero-order valence-electron chi connectivity index (χ0n) is 14.7. The summed E-state index contributed by atoms with van der Waals surface area (Å²) in [4.78, 5) is 37.6. The fourth-order valence-corrected chi connectivity index (χ4v) is 3.52. The van der Waals surface area contributed by atoms with E-state index < -0.39 is 10.0 Å². The van der Waals surface area contributed by atoms with E-state index in [0.717, 1.165) is 0 Å². The fourth-order valence-electron chi connectivity index (χ4n) is 2.54. The van der Waals surface area contributed by atoms with Gasteiger partial charge in [-0.05, 0) is 24.3 Å². The van der Waals surface area contributed by atoms with Gasteiger partial charge in [0.1, 0.15) is 0 Å². The standard InChI is InChI=1S/C16H22N4O5S/c1-12(21)18-14-3-5-15(6-4-14)26(24,25)17-11-16(23)20-9-7-19(8-10-20)13(2)22/h3-6,17H,7-11H2,1-2H3,(H,18,21). The van der Waals surface area contributed by atoms with Crippen LogP contribution in [0.3, 0.4) is 0 Å². The molecule has 3 amide bonds. The highest BCUT2D eigenvalue weighted by Crippen LogP contribution is 2.14. The monoisotopic (exact) mass is 382 g/mol. The molecule has 0 spiro atoms. The number of nitrogens with zero attached hydrogens (tertiary/aromatic N) is 2. The minimum Gasteiger partial charge on any atom is -0.339 e. The molecule has 2 N–H and O–H groups in total. The summed E-state index contributed by atoms with van der Waals surface area (Å²) in [6.07, 6.45) is 0. The molecule has 0 aromatic heterocycles. The van der Waals surface area contributed by atoms with Gasteiger partial charge in [-0.25, -0.2) is 13.1 Å². The van der Waals surface area contributed by atoms with Crippen LogP contribution in [-0.2, 0) is 24.4 Å². The van der Waals surface area contributed by atoms with Crippen molar-refractivity contribution in [3.8, 4) is 0 Å². The SMILES string of the molecule is CC(=O)Nc1ccc(S(=O)(=O)NCC(=O)N2CCN(C(C)=O)CC2)cc1. The smallest absolute Gasteiger partial charge is 0.241 e. The van der Waals surface area contributed by atoms with Crippen molar-refractivity contribution in [2.24, 2.45) is 0 Å². The van der Waals surface area contributed by atoms with Gasteiger partial charge < -0.3 is 15.1 Å². The molecule has 1 saturated heterocycles. The Labute approximate surface area is 152 Å². The number of amides is 3. The lowest BCUT2D eigenvalue weighted by atomic mass is 10.3. The number of anilines is 1. The predicted octanol–water partition coefficient (Wildman–Crippen LogP) is -0.386. The topological polar surface area (TPSA) is 116 Å². The van der Waals surface area contributed by atoms with Crippen molar-refractivity contribution in [3.05, 3.63) is 24.3 Å². The zero-order chi connectivity index (χ0) is 19.3. The number of nitrogens with one attached hydrogen (secondary N) is 2. The summed E-state index contributed by atoms with van der Waals surface area (Å²) in [5.74, 6) is -0.638. The third-order valence-corrected chi connectivity index (χ3v) is 5.39. The van der Waals surface area contributed by atoms with Crippen molar-refractivity contribution < 1.29 is 22.8 Å². The molecular formula is C16H22N4O5S. The average molecular weight is 382 g/mol. The molecule has 2 rings (SSSR count). The minimum absolute atomic E-state index is 0.000742.